The monoisotopic (exact) mass is 386 g/mol. The summed E-state index contributed by atoms with van der Waals surface area (Å²) in [5, 5.41) is 10.3. The van der Waals surface area contributed by atoms with Crippen LogP contribution in [-0.4, -0.2) is 21.1 Å². The predicted octanol–water partition coefficient (Wildman–Crippen LogP) is 4.91. The minimum atomic E-state index is -1.20. The molecule has 0 bridgehead atoms. The van der Waals surface area contributed by atoms with Crippen LogP contribution in [0.2, 0.25) is 0 Å². The number of hydrogen-bond donors (Lipinski definition) is 1. The number of aromatic nitrogens is 1. The lowest BCUT2D eigenvalue weighted by Gasteiger charge is -2.31. The molecule has 1 aliphatic heterocycles. The van der Waals surface area contributed by atoms with Crippen molar-refractivity contribution in [3.05, 3.63) is 88.5 Å². The second-order valence-corrected chi connectivity index (χ2v) is 7.27. The van der Waals surface area contributed by atoms with Crippen LogP contribution in [-0.2, 0) is 13.1 Å². The van der Waals surface area contributed by atoms with Gasteiger partial charge in [-0.05, 0) is 37.6 Å². The number of halogens is 3. The van der Waals surface area contributed by atoms with Crippen LogP contribution < -0.4 is 0 Å². The normalized spacial score (nSPS) is 17.4. The molecule has 1 aliphatic rings. The summed E-state index contributed by atoms with van der Waals surface area (Å²) in [5.74, 6) is -2.89. The Morgan fingerprint density at radius 1 is 1.00 bits per heavy atom. The van der Waals surface area contributed by atoms with Crippen molar-refractivity contribution in [2.75, 3.05) is 6.54 Å². The molecule has 28 heavy (non-hydrogen) atoms. The van der Waals surface area contributed by atoms with E-state index in [-0.39, 0.29) is 11.3 Å². The van der Waals surface area contributed by atoms with Gasteiger partial charge in [-0.2, -0.15) is 0 Å². The second-order valence-electron chi connectivity index (χ2n) is 7.27. The fourth-order valence-corrected chi connectivity index (χ4v) is 3.97. The number of rotatable bonds is 3. The minimum absolute atomic E-state index is 0.0906. The first-order valence-electron chi connectivity index (χ1n) is 9.26. The number of phenolic OH excluding ortho intramolecular Hbond substituents is 1. The van der Waals surface area contributed by atoms with Crippen LogP contribution in [0, 0.1) is 24.4 Å². The van der Waals surface area contributed by atoms with Gasteiger partial charge in [-0.1, -0.05) is 17.7 Å². The average molecular weight is 386 g/mol. The molecule has 1 unspecified atom stereocenters. The zero-order valence-corrected chi connectivity index (χ0v) is 15.5. The summed E-state index contributed by atoms with van der Waals surface area (Å²) in [6.45, 7) is 3.67. The van der Waals surface area contributed by atoms with Gasteiger partial charge in [0.25, 0.3) is 0 Å². The molecule has 2 heterocycles. The van der Waals surface area contributed by atoms with E-state index in [1.165, 1.54) is 0 Å². The van der Waals surface area contributed by atoms with Crippen molar-refractivity contribution in [2.45, 2.75) is 32.5 Å². The molecule has 3 aromatic rings. The Morgan fingerprint density at radius 2 is 1.79 bits per heavy atom. The standard InChI is InChI=1S/C22H21F3N2O/c1-14-5-6-21(28)15(10-14)13-27-9-3-8-26-7-2-4-20(26)22(27)16-11-18(24)19(25)12-17(16)23/h2,4-7,10-12,22,28H,3,8-9,13H2,1H3. The van der Waals surface area contributed by atoms with Gasteiger partial charge >= 0.3 is 0 Å². The van der Waals surface area contributed by atoms with Crippen molar-refractivity contribution in [3.63, 3.8) is 0 Å². The topological polar surface area (TPSA) is 28.4 Å². The number of benzene rings is 2. The molecule has 1 N–H and O–H groups in total. The first kappa shape index (κ1) is 18.6. The van der Waals surface area contributed by atoms with E-state index in [1.807, 2.05) is 46.9 Å². The largest absolute Gasteiger partial charge is 0.508 e. The average Bonchev–Trinajstić information content (AvgIpc) is 3.04. The summed E-state index contributed by atoms with van der Waals surface area (Å²) in [6, 6.07) is 10.0. The third-order valence-electron chi connectivity index (χ3n) is 5.30. The SMILES string of the molecule is Cc1ccc(O)c(CN2CCCn3cccc3C2c2cc(F)c(F)cc2F)c1. The van der Waals surface area contributed by atoms with Crippen LogP contribution in [0.4, 0.5) is 13.2 Å². The van der Waals surface area contributed by atoms with Crippen LogP contribution in [0.15, 0.2) is 48.7 Å². The maximum absolute atomic E-state index is 14.7. The molecule has 2 aromatic carbocycles. The van der Waals surface area contributed by atoms with E-state index in [4.69, 9.17) is 0 Å². The molecule has 0 amide bonds. The molecule has 4 rings (SSSR count). The molecule has 6 heteroatoms. The van der Waals surface area contributed by atoms with Gasteiger partial charge in [0, 0.05) is 48.7 Å². The number of aromatic hydroxyl groups is 1. The minimum Gasteiger partial charge on any atom is -0.508 e. The lowest BCUT2D eigenvalue weighted by Crippen LogP contribution is -2.30. The third-order valence-corrected chi connectivity index (χ3v) is 5.30. The van der Waals surface area contributed by atoms with Crippen molar-refractivity contribution in [3.8, 4) is 5.75 Å². The first-order valence-corrected chi connectivity index (χ1v) is 9.26. The van der Waals surface area contributed by atoms with E-state index in [2.05, 4.69) is 0 Å². The highest BCUT2D eigenvalue weighted by atomic mass is 19.2. The highest BCUT2D eigenvalue weighted by molar-refractivity contribution is 5.37. The smallest absolute Gasteiger partial charge is 0.161 e. The lowest BCUT2D eigenvalue weighted by molar-refractivity contribution is 0.213. The van der Waals surface area contributed by atoms with Crippen molar-refractivity contribution >= 4 is 0 Å². The Hall–Kier alpha value is -2.73. The van der Waals surface area contributed by atoms with Crippen molar-refractivity contribution in [1.82, 2.24) is 9.47 Å². The lowest BCUT2D eigenvalue weighted by atomic mass is 9.99. The van der Waals surface area contributed by atoms with Gasteiger partial charge in [0.1, 0.15) is 11.6 Å². The zero-order chi connectivity index (χ0) is 19.8. The van der Waals surface area contributed by atoms with Gasteiger partial charge in [-0.3, -0.25) is 4.90 Å². The van der Waals surface area contributed by atoms with Crippen LogP contribution >= 0.6 is 0 Å². The summed E-state index contributed by atoms with van der Waals surface area (Å²) < 4.78 is 44.2. The Kier molecular flexibility index (Phi) is 4.89. The maximum Gasteiger partial charge on any atom is 0.161 e. The molecule has 0 fully saturated rings. The third kappa shape index (κ3) is 3.40. The Morgan fingerprint density at radius 3 is 2.61 bits per heavy atom. The Bertz CT molecular complexity index is 1020. The molecule has 146 valence electrons. The second kappa shape index (κ2) is 7.36. The van der Waals surface area contributed by atoms with Gasteiger partial charge in [0.15, 0.2) is 11.6 Å². The molecule has 1 aromatic heterocycles. The number of hydrogen-bond acceptors (Lipinski definition) is 2. The Labute approximate surface area is 161 Å². The van der Waals surface area contributed by atoms with E-state index in [0.717, 1.165) is 30.3 Å². The molecule has 3 nitrogen and oxygen atoms in total. The first-order chi connectivity index (χ1) is 13.4. The van der Waals surface area contributed by atoms with Gasteiger partial charge in [-0.25, -0.2) is 13.2 Å². The van der Waals surface area contributed by atoms with Gasteiger partial charge < -0.3 is 9.67 Å². The maximum atomic E-state index is 14.7. The van der Waals surface area contributed by atoms with E-state index >= 15 is 0 Å². The van der Waals surface area contributed by atoms with E-state index in [9.17, 15) is 18.3 Å². The van der Waals surface area contributed by atoms with Gasteiger partial charge in [0.2, 0.25) is 0 Å². The van der Waals surface area contributed by atoms with E-state index in [0.29, 0.717) is 24.7 Å². The summed E-state index contributed by atoms with van der Waals surface area (Å²) in [4.78, 5) is 2.00. The molecule has 0 aliphatic carbocycles. The van der Waals surface area contributed by atoms with Gasteiger partial charge in [-0.15, -0.1) is 0 Å². The van der Waals surface area contributed by atoms with Crippen molar-refractivity contribution < 1.29 is 18.3 Å². The zero-order valence-electron chi connectivity index (χ0n) is 15.5. The molecule has 1 atom stereocenters. The van der Waals surface area contributed by atoms with E-state index < -0.39 is 23.5 Å². The molecular weight excluding hydrogens is 365 g/mol. The summed E-state index contributed by atoms with van der Waals surface area (Å²) >= 11 is 0. The summed E-state index contributed by atoms with van der Waals surface area (Å²) in [6.07, 6.45) is 2.73. The highest BCUT2D eigenvalue weighted by Crippen LogP contribution is 2.36. The molecule has 0 saturated heterocycles. The molecule has 0 spiro atoms. The number of fused-ring (bicyclic) bond motifs is 1. The number of nitrogens with zero attached hydrogens (tertiary/aromatic N) is 2. The highest BCUT2D eigenvalue weighted by Gasteiger charge is 2.31. The molecule has 0 saturated carbocycles. The fraction of sp³-hybridized carbons (Fsp3) is 0.273. The quantitative estimate of drug-likeness (QED) is 0.648. The van der Waals surface area contributed by atoms with Crippen LogP contribution in [0.3, 0.4) is 0 Å². The summed E-state index contributed by atoms with van der Waals surface area (Å²) in [5.41, 5.74) is 2.62. The molecule has 0 radical (unpaired) electrons. The van der Waals surface area contributed by atoms with Crippen LogP contribution in [0.1, 0.15) is 34.8 Å². The predicted molar refractivity (Wildman–Crippen MR) is 100 cm³/mol. The Balaban J connectivity index is 1.82. The fourth-order valence-electron chi connectivity index (χ4n) is 3.97. The summed E-state index contributed by atoms with van der Waals surface area (Å²) in [7, 11) is 0. The van der Waals surface area contributed by atoms with Gasteiger partial charge in [0.05, 0.1) is 6.04 Å². The molecular formula is C22H21F3N2O. The van der Waals surface area contributed by atoms with Crippen molar-refractivity contribution in [2.24, 2.45) is 0 Å². The van der Waals surface area contributed by atoms with Crippen LogP contribution in [0.25, 0.3) is 0 Å². The van der Waals surface area contributed by atoms with Crippen molar-refractivity contribution in [1.29, 1.82) is 0 Å². The van der Waals surface area contributed by atoms with E-state index in [1.54, 1.807) is 6.07 Å². The number of phenols is 1. The van der Waals surface area contributed by atoms with Crippen LogP contribution in [0.5, 0.6) is 5.75 Å². The number of aryl methyl sites for hydroxylation is 2.